The molecule has 5 atom stereocenters. The van der Waals surface area contributed by atoms with Crippen molar-refractivity contribution in [1.29, 1.82) is 0 Å². The van der Waals surface area contributed by atoms with Crippen LogP contribution in [0.5, 0.6) is 5.75 Å². The first-order valence-corrected chi connectivity index (χ1v) is 11.3. The maximum atomic E-state index is 14.5. The number of hydrogen-bond donors (Lipinski definition) is 3. The van der Waals surface area contributed by atoms with Crippen LogP contribution in [-0.4, -0.2) is 39.5 Å². The SMILES string of the molecule is NC(=O)[C@H]1[C@H]2C[C@H]3[C@H]1Nc1nc(ncc1F)Nc1cccc(c1)OCCCS[C@@H]3C2. The number of nitrogens with one attached hydrogen (secondary N) is 2. The smallest absolute Gasteiger partial charge is 0.229 e. The van der Waals surface area contributed by atoms with Gasteiger partial charge < -0.3 is 21.1 Å². The zero-order chi connectivity index (χ0) is 20.7. The average Bonchev–Trinajstić information content (AvgIpc) is 3.28. The van der Waals surface area contributed by atoms with Crippen molar-refractivity contribution in [3.8, 4) is 5.75 Å². The van der Waals surface area contributed by atoms with E-state index in [1.165, 1.54) is 0 Å². The molecule has 0 radical (unpaired) electrons. The van der Waals surface area contributed by atoms with Gasteiger partial charge in [-0.15, -0.1) is 0 Å². The number of thioether (sulfide) groups is 1. The first kappa shape index (κ1) is 19.4. The molecule has 4 N–H and O–H groups in total. The maximum absolute atomic E-state index is 14.5. The van der Waals surface area contributed by atoms with E-state index >= 15 is 0 Å². The molecule has 2 saturated carbocycles. The van der Waals surface area contributed by atoms with Gasteiger partial charge in [0, 0.05) is 23.0 Å². The van der Waals surface area contributed by atoms with Crippen LogP contribution in [0.4, 0.5) is 21.8 Å². The van der Waals surface area contributed by atoms with Crippen LogP contribution in [0.3, 0.4) is 0 Å². The number of anilines is 3. The Bertz CT molecular complexity index is 961. The van der Waals surface area contributed by atoms with Gasteiger partial charge in [-0.3, -0.25) is 4.79 Å². The second-order valence-electron chi connectivity index (χ2n) is 8.15. The van der Waals surface area contributed by atoms with Gasteiger partial charge in [-0.1, -0.05) is 6.07 Å². The van der Waals surface area contributed by atoms with Gasteiger partial charge in [0.25, 0.3) is 0 Å². The number of primary amides is 1. The predicted octanol–water partition coefficient (Wildman–Crippen LogP) is 3.17. The topological polar surface area (TPSA) is 102 Å². The number of fused-ring (bicyclic) bond motifs is 5. The number of amides is 1. The number of hydrogen-bond acceptors (Lipinski definition) is 7. The largest absolute Gasteiger partial charge is 0.493 e. The van der Waals surface area contributed by atoms with E-state index in [-0.39, 0.29) is 41.5 Å². The summed E-state index contributed by atoms with van der Waals surface area (Å²) in [7, 11) is 0. The quantitative estimate of drug-likeness (QED) is 0.640. The molecule has 0 spiro atoms. The second kappa shape index (κ2) is 7.94. The van der Waals surface area contributed by atoms with Crippen LogP contribution in [0, 0.1) is 23.6 Å². The molecule has 2 heterocycles. The normalized spacial score (nSPS) is 30.1. The number of carbonyl (C=O) groups is 1. The van der Waals surface area contributed by atoms with E-state index in [2.05, 4.69) is 20.6 Å². The molecule has 1 aliphatic heterocycles. The minimum absolute atomic E-state index is 0.0968. The minimum atomic E-state index is -0.547. The molecule has 3 aliphatic rings. The van der Waals surface area contributed by atoms with Crippen molar-refractivity contribution in [3.63, 3.8) is 0 Å². The van der Waals surface area contributed by atoms with Crippen molar-refractivity contribution in [2.75, 3.05) is 23.0 Å². The summed E-state index contributed by atoms with van der Waals surface area (Å²) in [6, 6.07) is 7.31. The molecule has 2 fully saturated rings. The number of carbonyl (C=O) groups excluding carboxylic acids is 1. The van der Waals surface area contributed by atoms with Crippen LogP contribution in [0.15, 0.2) is 30.5 Å². The van der Waals surface area contributed by atoms with Gasteiger partial charge >= 0.3 is 0 Å². The lowest BCUT2D eigenvalue weighted by Crippen LogP contribution is -2.46. The van der Waals surface area contributed by atoms with Crippen molar-refractivity contribution in [3.05, 3.63) is 36.3 Å². The molecule has 158 valence electrons. The van der Waals surface area contributed by atoms with E-state index in [1.807, 2.05) is 36.0 Å². The Morgan fingerprint density at radius 2 is 2.23 bits per heavy atom. The van der Waals surface area contributed by atoms with Crippen LogP contribution < -0.4 is 21.1 Å². The zero-order valence-electron chi connectivity index (χ0n) is 16.4. The summed E-state index contributed by atoms with van der Waals surface area (Å²) in [6.07, 6.45) is 3.98. The zero-order valence-corrected chi connectivity index (χ0v) is 17.2. The molecule has 1 aromatic carbocycles. The van der Waals surface area contributed by atoms with E-state index in [0.29, 0.717) is 11.9 Å². The lowest BCUT2D eigenvalue weighted by Gasteiger charge is -2.35. The number of ether oxygens (including phenoxy) is 1. The molecule has 1 amide bonds. The Kier molecular flexibility index (Phi) is 5.14. The van der Waals surface area contributed by atoms with Crippen molar-refractivity contribution in [1.82, 2.24) is 9.97 Å². The molecule has 0 unspecified atom stereocenters. The third-order valence-electron chi connectivity index (χ3n) is 6.30. The molecule has 30 heavy (non-hydrogen) atoms. The number of rotatable bonds is 1. The molecule has 1 aromatic heterocycles. The highest BCUT2D eigenvalue weighted by atomic mass is 32.2. The summed E-state index contributed by atoms with van der Waals surface area (Å²) in [4.78, 5) is 20.6. The van der Waals surface area contributed by atoms with Gasteiger partial charge in [0.1, 0.15) is 5.75 Å². The lowest BCUT2D eigenvalue weighted by molar-refractivity contribution is -0.123. The Labute approximate surface area is 178 Å². The highest BCUT2D eigenvalue weighted by Crippen LogP contribution is 2.53. The summed E-state index contributed by atoms with van der Waals surface area (Å²) < 4.78 is 20.4. The fourth-order valence-electron chi connectivity index (χ4n) is 5.06. The van der Waals surface area contributed by atoms with E-state index in [4.69, 9.17) is 10.5 Å². The Morgan fingerprint density at radius 3 is 3.10 bits per heavy atom. The van der Waals surface area contributed by atoms with Gasteiger partial charge in [0.05, 0.1) is 18.7 Å². The fraction of sp³-hybridized carbons (Fsp3) is 0.476. The number of nitrogens with zero attached hydrogens (tertiary/aromatic N) is 2. The Balaban J connectivity index is 1.49. The van der Waals surface area contributed by atoms with Gasteiger partial charge in [-0.25, -0.2) is 9.37 Å². The average molecular weight is 430 g/mol. The molecule has 2 aromatic rings. The van der Waals surface area contributed by atoms with Crippen LogP contribution in [-0.2, 0) is 4.79 Å². The predicted molar refractivity (Wildman–Crippen MR) is 114 cm³/mol. The van der Waals surface area contributed by atoms with E-state index in [1.54, 1.807) is 0 Å². The van der Waals surface area contributed by atoms with Crippen LogP contribution in [0.25, 0.3) is 0 Å². The molecular weight excluding hydrogens is 405 g/mol. The maximum Gasteiger partial charge on any atom is 0.229 e. The summed E-state index contributed by atoms with van der Waals surface area (Å²) in [5.41, 5.74) is 6.48. The molecule has 6 bridgehead atoms. The van der Waals surface area contributed by atoms with Crippen molar-refractivity contribution >= 4 is 35.1 Å². The van der Waals surface area contributed by atoms with Crippen LogP contribution in [0.2, 0.25) is 0 Å². The first-order valence-electron chi connectivity index (χ1n) is 10.3. The standard InChI is InChI=1S/C21H24FN5O2S/c22-15-10-24-21-25-12-3-1-4-13(9-12)29-5-2-6-30-16-8-11-7-14(16)18(17(11)19(23)28)26-20(15)27-21/h1,3-4,9-11,14,16-18H,2,5-8H2,(H2,23,28)(H2,24,25,26,27)/t11-,14+,16+,17-,18+/m0/s1. The van der Waals surface area contributed by atoms with Gasteiger partial charge in [-0.05, 0) is 49.0 Å². The molecule has 5 rings (SSSR count). The van der Waals surface area contributed by atoms with Crippen LogP contribution >= 0.6 is 11.8 Å². The third kappa shape index (κ3) is 3.66. The summed E-state index contributed by atoms with van der Waals surface area (Å²) in [5, 5.41) is 6.74. The molecular formula is C21H24FN5O2S. The van der Waals surface area contributed by atoms with E-state index < -0.39 is 5.82 Å². The lowest BCUT2D eigenvalue weighted by atomic mass is 9.83. The third-order valence-corrected chi connectivity index (χ3v) is 7.79. The summed E-state index contributed by atoms with van der Waals surface area (Å²) >= 11 is 1.92. The Morgan fingerprint density at radius 1 is 1.33 bits per heavy atom. The summed E-state index contributed by atoms with van der Waals surface area (Å²) in [6.45, 7) is 0.639. The highest BCUT2D eigenvalue weighted by molar-refractivity contribution is 7.99. The number of benzene rings is 1. The van der Waals surface area contributed by atoms with Crippen molar-refractivity contribution in [2.24, 2.45) is 23.5 Å². The molecule has 7 nitrogen and oxygen atoms in total. The summed E-state index contributed by atoms with van der Waals surface area (Å²) in [5.74, 6) is 1.42. The number of halogens is 1. The van der Waals surface area contributed by atoms with E-state index in [0.717, 1.165) is 42.6 Å². The Hall–Kier alpha value is -2.55. The van der Waals surface area contributed by atoms with Crippen molar-refractivity contribution < 1.29 is 13.9 Å². The van der Waals surface area contributed by atoms with Crippen LogP contribution in [0.1, 0.15) is 19.3 Å². The molecule has 2 aliphatic carbocycles. The van der Waals surface area contributed by atoms with Crippen molar-refractivity contribution in [2.45, 2.75) is 30.6 Å². The van der Waals surface area contributed by atoms with Gasteiger partial charge in [0.2, 0.25) is 11.9 Å². The highest BCUT2D eigenvalue weighted by Gasteiger charge is 2.55. The minimum Gasteiger partial charge on any atom is -0.493 e. The van der Waals surface area contributed by atoms with Gasteiger partial charge in [0.15, 0.2) is 11.6 Å². The fourth-order valence-corrected chi connectivity index (χ4v) is 6.56. The van der Waals surface area contributed by atoms with Gasteiger partial charge in [-0.2, -0.15) is 16.7 Å². The van der Waals surface area contributed by atoms with E-state index in [9.17, 15) is 9.18 Å². The monoisotopic (exact) mass is 429 g/mol. The molecule has 9 heteroatoms. The second-order valence-corrected chi connectivity index (χ2v) is 9.49. The number of aromatic nitrogens is 2. The molecule has 0 saturated heterocycles. The number of nitrogens with two attached hydrogens (primary N) is 1. The first-order chi connectivity index (χ1) is 14.6.